The number of para-hydroxylation sites is 5. The molecule has 0 fully saturated rings. The average Bonchev–Trinajstić information content (AvgIpc) is 3.65. The van der Waals surface area contributed by atoms with Gasteiger partial charge in [0, 0.05) is 43.4 Å². The van der Waals surface area contributed by atoms with Crippen LogP contribution in [0.25, 0.3) is 76.8 Å². The molecule has 0 saturated carbocycles. The number of H-pyrrole nitrogens is 1. The molecule has 3 heterocycles. The van der Waals surface area contributed by atoms with E-state index in [1.165, 1.54) is 60.1 Å². The summed E-state index contributed by atoms with van der Waals surface area (Å²) in [5.74, 6) is 0. The van der Waals surface area contributed by atoms with E-state index in [2.05, 4.69) is 148 Å². The first-order valence-electron chi connectivity index (χ1n) is 13.4. The minimum Gasteiger partial charge on any atom is -0.354 e. The van der Waals surface area contributed by atoms with Crippen molar-refractivity contribution in [1.29, 1.82) is 0 Å². The standard InChI is InChI=1S/C36H23N3/c1-6-16-28-27(15-1)35-29(37-28)21-22-34(38-30-17-7-2-11-23(30)24-12-3-8-18-31(24)38)36(35)39-32-19-9-4-13-25(32)26-14-5-10-20-33(26)39/h1-22,37H. The first-order chi connectivity index (χ1) is 19.4. The molecule has 3 nitrogen and oxygen atoms in total. The molecule has 3 aromatic heterocycles. The highest BCUT2D eigenvalue weighted by Gasteiger charge is 2.22. The van der Waals surface area contributed by atoms with Crippen molar-refractivity contribution in [1.82, 2.24) is 14.1 Å². The van der Waals surface area contributed by atoms with Crippen molar-refractivity contribution in [3.8, 4) is 11.4 Å². The molecule has 0 aliphatic carbocycles. The van der Waals surface area contributed by atoms with E-state index in [1.54, 1.807) is 0 Å². The first kappa shape index (κ1) is 20.7. The zero-order chi connectivity index (χ0) is 25.5. The van der Waals surface area contributed by atoms with Crippen molar-refractivity contribution in [2.45, 2.75) is 0 Å². The van der Waals surface area contributed by atoms with Crippen molar-refractivity contribution >= 4 is 65.4 Å². The highest BCUT2D eigenvalue weighted by molar-refractivity contribution is 6.18. The Labute approximate surface area is 224 Å². The van der Waals surface area contributed by atoms with E-state index in [4.69, 9.17) is 0 Å². The van der Waals surface area contributed by atoms with E-state index < -0.39 is 0 Å². The molecule has 1 N–H and O–H groups in total. The van der Waals surface area contributed by atoms with Crippen LogP contribution in [0.5, 0.6) is 0 Å². The highest BCUT2D eigenvalue weighted by Crippen LogP contribution is 2.42. The Kier molecular flexibility index (Phi) is 4.05. The molecule has 0 amide bonds. The number of nitrogens with zero attached hydrogens (tertiary/aromatic N) is 2. The SMILES string of the molecule is c1ccc2c(c1)[nH]c1ccc(-n3c4ccccc4c4ccccc43)c(-n3c4ccccc4c4ccccc43)c12. The number of hydrogen-bond donors (Lipinski definition) is 1. The van der Waals surface area contributed by atoms with Gasteiger partial charge in [0.2, 0.25) is 0 Å². The Bertz CT molecular complexity index is 2290. The summed E-state index contributed by atoms with van der Waals surface area (Å²) in [5.41, 5.74) is 9.47. The summed E-state index contributed by atoms with van der Waals surface area (Å²) in [6, 6.07) is 48.2. The Balaban J connectivity index is 1.57. The third kappa shape index (κ3) is 2.71. The lowest BCUT2D eigenvalue weighted by molar-refractivity contribution is 1.11. The summed E-state index contributed by atoms with van der Waals surface area (Å²) in [6.45, 7) is 0. The van der Waals surface area contributed by atoms with Crippen LogP contribution in [0.1, 0.15) is 0 Å². The van der Waals surface area contributed by atoms with Crippen LogP contribution in [0, 0.1) is 0 Å². The van der Waals surface area contributed by atoms with Crippen LogP contribution in [-0.4, -0.2) is 14.1 Å². The quantitative estimate of drug-likeness (QED) is 0.246. The second kappa shape index (κ2) is 7.62. The van der Waals surface area contributed by atoms with E-state index in [9.17, 15) is 0 Å². The molecular weight excluding hydrogens is 474 g/mol. The third-order valence-electron chi connectivity index (χ3n) is 8.25. The average molecular weight is 498 g/mol. The number of benzene rings is 6. The maximum absolute atomic E-state index is 3.70. The molecule has 0 aliphatic rings. The smallest absolute Gasteiger partial charge is 0.0803 e. The largest absolute Gasteiger partial charge is 0.354 e. The van der Waals surface area contributed by atoms with Crippen molar-refractivity contribution in [2.24, 2.45) is 0 Å². The predicted molar refractivity (Wildman–Crippen MR) is 164 cm³/mol. The second-order valence-electron chi connectivity index (χ2n) is 10.3. The lowest BCUT2D eigenvalue weighted by Crippen LogP contribution is -2.04. The van der Waals surface area contributed by atoms with Gasteiger partial charge in [-0.3, -0.25) is 0 Å². The predicted octanol–water partition coefficient (Wildman–Crippen LogP) is 9.52. The first-order valence-corrected chi connectivity index (χ1v) is 13.4. The highest BCUT2D eigenvalue weighted by atomic mass is 15.1. The van der Waals surface area contributed by atoms with Crippen molar-refractivity contribution in [3.05, 3.63) is 133 Å². The van der Waals surface area contributed by atoms with Gasteiger partial charge in [-0.25, -0.2) is 0 Å². The van der Waals surface area contributed by atoms with E-state index in [0.29, 0.717) is 0 Å². The molecule has 0 unspecified atom stereocenters. The molecule has 0 aliphatic heterocycles. The number of aromatic amines is 1. The molecule has 3 heteroatoms. The fourth-order valence-corrected chi connectivity index (χ4v) is 6.66. The van der Waals surface area contributed by atoms with Crippen LogP contribution in [0.3, 0.4) is 0 Å². The van der Waals surface area contributed by atoms with Crippen molar-refractivity contribution in [2.75, 3.05) is 0 Å². The lowest BCUT2D eigenvalue weighted by Gasteiger charge is -2.18. The maximum Gasteiger partial charge on any atom is 0.0803 e. The van der Waals surface area contributed by atoms with Gasteiger partial charge in [0.1, 0.15) is 0 Å². The zero-order valence-corrected chi connectivity index (χ0v) is 21.1. The normalized spacial score (nSPS) is 12.1. The third-order valence-corrected chi connectivity index (χ3v) is 8.25. The number of fused-ring (bicyclic) bond motifs is 9. The molecule has 0 spiro atoms. The van der Waals surface area contributed by atoms with Crippen molar-refractivity contribution < 1.29 is 0 Å². The summed E-state index contributed by atoms with van der Waals surface area (Å²) in [4.78, 5) is 3.70. The fraction of sp³-hybridized carbons (Fsp3) is 0. The van der Waals surface area contributed by atoms with Crippen LogP contribution < -0.4 is 0 Å². The molecule has 39 heavy (non-hydrogen) atoms. The molecule has 9 aromatic rings. The minimum atomic E-state index is 1.14. The number of aromatic nitrogens is 3. The van der Waals surface area contributed by atoms with E-state index in [1.807, 2.05) is 0 Å². The second-order valence-corrected chi connectivity index (χ2v) is 10.3. The number of rotatable bonds is 2. The van der Waals surface area contributed by atoms with Crippen LogP contribution >= 0.6 is 0 Å². The van der Waals surface area contributed by atoms with Gasteiger partial charge in [0.15, 0.2) is 0 Å². The van der Waals surface area contributed by atoms with Gasteiger partial charge in [0.05, 0.1) is 33.4 Å². The summed E-state index contributed by atoms with van der Waals surface area (Å²) >= 11 is 0. The molecule has 0 saturated heterocycles. The van der Waals surface area contributed by atoms with Gasteiger partial charge in [-0.15, -0.1) is 0 Å². The van der Waals surface area contributed by atoms with Crippen LogP contribution in [0.4, 0.5) is 0 Å². The number of hydrogen-bond acceptors (Lipinski definition) is 0. The van der Waals surface area contributed by atoms with Crippen molar-refractivity contribution in [3.63, 3.8) is 0 Å². The Morgan fingerprint density at radius 2 is 0.795 bits per heavy atom. The Morgan fingerprint density at radius 3 is 1.33 bits per heavy atom. The summed E-state index contributed by atoms with van der Waals surface area (Å²) in [6.07, 6.45) is 0. The van der Waals surface area contributed by atoms with E-state index in [0.717, 1.165) is 16.7 Å². The summed E-state index contributed by atoms with van der Waals surface area (Å²) in [7, 11) is 0. The lowest BCUT2D eigenvalue weighted by atomic mass is 10.1. The molecule has 0 bridgehead atoms. The zero-order valence-electron chi connectivity index (χ0n) is 21.1. The van der Waals surface area contributed by atoms with Gasteiger partial charge in [-0.2, -0.15) is 0 Å². The Hall–Kier alpha value is -5.28. The minimum absolute atomic E-state index is 1.14. The maximum atomic E-state index is 3.70. The van der Waals surface area contributed by atoms with Gasteiger partial charge < -0.3 is 14.1 Å². The van der Waals surface area contributed by atoms with Gasteiger partial charge in [0.25, 0.3) is 0 Å². The van der Waals surface area contributed by atoms with E-state index in [-0.39, 0.29) is 0 Å². The monoisotopic (exact) mass is 497 g/mol. The van der Waals surface area contributed by atoms with Gasteiger partial charge in [-0.1, -0.05) is 91.0 Å². The van der Waals surface area contributed by atoms with Gasteiger partial charge >= 0.3 is 0 Å². The summed E-state index contributed by atoms with van der Waals surface area (Å²) in [5, 5.41) is 7.51. The molecule has 9 rings (SSSR count). The molecular formula is C36H23N3. The molecule has 0 atom stereocenters. The fourth-order valence-electron chi connectivity index (χ4n) is 6.66. The molecule has 0 radical (unpaired) electrons. The topological polar surface area (TPSA) is 25.6 Å². The molecule has 182 valence electrons. The van der Waals surface area contributed by atoms with Crippen LogP contribution in [-0.2, 0) is 0 Å². The van der Waals surface area contributed by atoms with E-state index >= 15 is 0 Å². The summed E-state index contributed by atoms with van der Waals surface area (Å²) < 4.78 is 4.93. The van der Waals surface area contributed by atoms with Crippen LogP contribution in [0.15, 0.2) is 133 Å². The number of nitrogens with one attached hydrogen (secondary N) is 1. The van der Waals surface area contributed by atoms with Gasteiger partial charge in [-0.05, 0) is 42.5 Å². The van der Waals surface area contributed by atoms with Crippen LogP contribution in [0.2, 0.25) is 0 Å². The molecule has 6 aromatic carbocycles. The Morgan fingerprint density at radius 1 is 0.359 bits per heavy atom.